The van der Waals surface area contributed by atoms with Crippen LogP contribution in [0.1, 0.15) is 30.1 Å². The van der Waals surface area contributed by atoms with Crippen LogP contribution in [0.3, 0.4) is 0 Å². The van der Waals surface area contributed by atoms with Crippen LogP contribution in [0.4, 0.5) is 16.6 Å². The number of rotatable bonds is 5. The molecular formula is C23H22N4O3. The van der Waals surface area contributed by atoms with Gasteiger partial charge in [-0.15, -0.1) is 0 Å². The van der Waals surface area contributed by atoms with E-state index in [1.807, 2.05) is 67.6 Å². The van der Waals surface area contributed by atoms with E-state index in [4.69, 9.17) is 9.47 Å². The molecule has 0 bridgehead atoms. The van der Waals surface area contributed by atoms with E-state index in [0.717, 1.165) is 11.1 Å². The minimum Gasteiger partial charge on any atom is -0.435 e. The number of benzene rings is 2. The Hall–Kier alpha value is -3.45. The summed E-state index contributed by atoms with van der Waals surface area (Å²) in [5, 5.41) is 3.31. The van der Waals surface area contributed by atoms with Gasteiger partial charge in [0.2, 0.25) is 5.95 Å². The van der Waals surface area contributed by atoms with Crippen LogP contribution in [0, 0.1) is 0 Å². The standard InChI is InChI=1S/C23H22N4O3/c1-16(17-8-4-2-5-9-17)25-21-24-13-12-19(26-21)27-20(18-10-6-3-7-11-18)23(14-29-15-23)30-22(27)28/h2-13,16,20H,14-15H2,1H3,(H,24,25,26)/t16-,20-/m0/s1. The van der Waals surface area contributed by atoms with Gasteiger partial charge < -0.3 is 14.8 Å². The molecule has 2 aliphatic rings. The smallest absolute Gasteiger partial charge is 0.417 e. The van der Waals surface area contributed by atoms with Gasteiger partial charge in [0, 0.05) is 6.20 Å². The van der Waals surface area contributed by atoms with Crippen LogP contribution in [0.25, 0.3) is 0 Å². The third-order valence-corrected chi connectivity index (χ3v) is 5.58. The molecule has 7 heteroatoms. The summed E-state index contributed by atoms with van der Waals surface area (Å²) in [5.74, 6) is 0.949. The number of nitrogens with zero attached hydrogens (tertiary/aromatic N) is 3. The monoisotopic (exact) mass is 402 g/mol. The van der Waals surface area contributed by atoms with E-state index in [2.05, 4.69) is 15.3 Å². The molecule has 2 saturated heterocycles. The number of aromatic nitrogens is 2. The molecule has 3 heterocycles. The van der Waals surface area contributed by atoms with Crippen molar-refractivity contribution in [2.75, 3.05) is 23.4 Å². The van der Waals surface area contributed by atoms with Gasteiger partial charge in [0.05, 0.1) is 19.3 Å². The summed E-state index contributed by atoms with van der Waals surface area (Å²) in [4.78, 5) is 23.5. The van der Waals surface area contributed by atoms with Crippen LogP contribution in [-0.4, -0.2) is 34.9 Å². The Labute approximate surface area is 174 Å². The summed E-state index contributed by atoms with van der Waals surface area (Å²) in [6.45, 7) is 2.79. The quantitative estimate of drug-likeness (QED) is 0.692. The normalized spacial score (nSPS) is 20.5. The fourth-order valence-corrected chi connectivity index (χ4v) is 4.03. The largest absolute Gasteiger partial charge is 0.435 e. The van der Waals surface area contributed by atoms with E-state index in [1.165, 1.54) is 0 Å². The zero-order valence-corrected chi connectivity index (χ0v) is 16.6. The van der Waals surface area contributed by atoms with Crippen molar-refractivity contribution in [1.29, 1.82) is 0 Å². The molecule has 1 amide bonds. The van der Waals surface area contributed by atoms with Crippen molar-refractivity contribution in [3.8, 4) is 0 Å². The van der Waals surface area contributed by atoms with Crippen LogP contribution in [0.5, 0.6) is 0 Å². The van der Waals surface area contributed by atoms with Gasteiger partial charge >= 0.3 is 6.09 Å². The Morgan fingerprint density at radius 2 is 1.77 bits per heavy atom. The lowest BCUT2D eigenvalue weighted by Crippen LogP contribution is -2.54. The Bertz CT molecular complexity index is 1040. The topological polar surface area (TPSA) is 76.6 Å². The average molecular weight is 402 g/mol. The highest BCUT2D eigenvalue weighted by Gasteiger charge is 2.60. The van der Waals surface area contributed by atoms with Crippen molar-refractivity contribution >= 4 is 17.9 Å². The summed E-state index contributed by atoms with van der Waals surface area (Å²) >= 11 is 0. The molecule has 2 aliphatic heterocycles. The highest BCUT2D eigenvalue weighted by atomic mass is 16.6. The molecule has 3 aromatic rings. The lowest BCUT2D eigenvalue weighted by Gasteiger charge is -2.40. The van der Waals surface area contributed by atoms with Gasteiger partial charge in [-0.05, 0) is 24.1 Å². The first kappa shape index (κ1) is 18.6. The van der Waals surface area contributed by atoms with E-state index < -0.39 is 11.7 Å². The number of anilines is 2. The second-order valence-electron chi connectivity index (χ2n) is 7.62. The Morgan fingerprint density at radius 3 is 2.43 bits per heavy atom. The van der Waals surface area contributed by atoms with Gasteiger partial charge in [0.15, 0.2) is 5.60 Å². The lowest BCUT2D eigenvalue weighted by molar-refractivity contribution is -0.170. The predicted octanol–water partition coefficient (Wildman–Crippen LogP) is 4.12. The first-order chi connectivity index (χ1) is 14.7. The molecule has 152 valence electrons. The molecule has 2 aromatic carbocycles. The van der Waals surface area contributed by atoms with E-state index >= 15 is 0 Å². The van der Waals surface area contributed by atoms with Crippen LogP contribution in [-0.2, 0) is 9.47 Å². The summed E-state index contributed by atoms with van der Waals surface area (Å²) < 4.78 is 11.2. The Kier molecular flexibility index (Phi) is 4.59. The van der Waals surface area contributed by atoms with Crippen LogP contribution in [0.2, 0.25) is 0 Å². The molecule has 7 nitrogen and oxygen atoms in total. The Morgan fingerprint density at radius 1 is 1.07 bits per heavy atom. The molecule has 0 radical (unpaired) electrons. The molecule has 30 heavy (non-hydrogen) atoms. The summed E-state index contributed by atoms with van der Waals surface area (Å²) in [7, 11) is 0. The summed E-state index contributed by atoms with van der Waals surface area (Å²) in [6.07, 6.45) is 1.23. The second kappa shape index (κ2) is 7.42. The third-order valence-electron chi connectivity index (χ3n) is 5.58. The van der Waals surface area contributed by atoms with Gasteiger partial charge in [0.25, 0.3) is 0 Å². The number of carbonyl (C=O) groups is 1. The van der Waals surface area contributed by atoms with Crippen molar-refractivity contribution < 1.29 is 14.3 Å². The maximum atomic E-state index is 12.9. The maximum Gasteiger partial charge on any atom is 0.417 e. The minimum atomic E-state index is -0.686. The number of hydrogen-bond donors (Lipinski definition) is 1. The number of amides is 1. The SMILES string of the molecule is C[C@H](Nc1nccc(N2C(=O)OC3(COC3)[C@@H]2c2ccccc2)n1)c1ccccc1. The second-order valence-corrected chi connectivity index (χ2v) is 7.62. The predicted molar refractivity (Wildman–Crippen MR) is 112 cm³/mol. The van der Waals surface area contributed by atoms with Gasteiger partial charge in [-0.2, -0.15) is 4.98 Å². The summed E-state index contributed by atoms with van der Waals surface area (Å²) in [5.41, 5.74) is 1.42. The fourth-order valence-electron chi connectivity index (χ4n) is 4.03. The van der Waals surface area contributed by atoms with Crippen molar-refractivity contribution in [2.45, 2.75) is 24.6 Å². The Balaban J connectivity index is 1.47. The lowest BCUT2D eigenvalue weighted by atomic mass is 9.86. The zero-order valence-electron chi connectivity index (χ0n) is 16.6. The van der Waals surface area contributed by atoms with Gasteiger partial charge in [0.1, 0.15) is 11.9 Å². The van der Waals surface area contributed by atoms with E-state index in [1.54, 1.807) is 17.2 Å². The number of carbonyl (C=O) groups excluding carboxylic acids is 1. The average Bonchev–Trinajstić information content (AvgIpc) is 3.09. The molecule has 0 saturated carbocycles. The molecule has 1 spiro atoms. The first-order valence-electron chi connectivity index (χ1n) is 9.96. The van der Waals surface area contributed by atoms with Gasteiger partial charge in [-0.1, -0.05) is 60.7 Å². The van der Waals surface area contributed by atoms with Gasteiger partial charge in [-0.25, -0.2) is 14.7 Å². The molecule has 5 rings (SSSR count). The minimum absolute atomic E-state index is 0.0169. The molecular weight excluding hydrogens is 380 g/mol. The maximum absolute atomic E-state index is 12.9. The molecule has 2 atom stereocenters. The van der Waals surface area contributed by atoms with Crippen molar-refractivity contribution in [3.63, 3.8) is 0 Å². The third kappa shape index (κ3) is 3.17. The van der Waals surface area contributed by atoms with E-state index in [9.17, 15) is 4.79 Å². The molecule has 1 aromatic heterocycles. The molecule has 1 N–H and O–H groups in total. The van der Waals surface area contributed by atoms with Crippen LogP contribution >= 0.6 is 0 Å². The van der Waals surface area contributed by atoms with Crippen molar-refractivity contribution in [2.24, 2.45) is 0 Å². The van der Waals surface area contributed by atoms with E-state index in [0.29, 0.717) is 25.0 Å². The zero-order chi connectivity index (χ0) is 20.6. The number of hydrogen-bond acceptors (Lipinski definition) is 6. The summed E-state index contributed by atoms with van der Waals surface area (Å²) in [6, 6.07) is 21.4. The highest BCUT2D eigenvalue weighted by Crippen LogP contribution is 2.47. The van der Waals surface area contributed by atoms with Crippen molar-refractivity contribution in [3.05, 3.63) is 84.1 Å². The number of ether oxygens (including phenoxy) is 2. The van der Waals surface area contributed by atoms with Crippen molar-refractivity contribution in [1.82, 2.24) is 9.97 Å². The number of nitrogens with one attached hydrogen (secondary N) is 1. The fraction of sp³-hybridized carbons (Fsp3) is 0.261. The van der Waals surface area contributed by atoms with Crippen LogP contribution < -0.4 is 10.2 Å². The van der Waals surface area contributed by atoms with Gasteiger partial charge in [-0.3, -0.25) is 0 Å². The highest BCUT2D eigenvalue weighted by molar-refractivity contribution is 5.91. The molecule has 0 aliphatic carbocycles. The molecule has 2 fully saturated rings. The molecule has 0 unspecified atom stereocenters. The van der Waals surface area contributed by atoms with E-state index in [-0.39, 0.29) is 12.1 Å². The first-order valence-corrected chi connectivity index (χ1v) is 9.96. The van der Waals surface area contributed by atoms with Crippen LogP contribution in [0.15, 0.2) is 72.9 Å².